The number of carbonyl (C=O) groups is 1. The van der Waals surface area contributed by atoms with E-state index in [1.807, 2.05) is 24.3 Å². The smallest absolute Gasteiger partial charge is 0.257 e. The average Bonchev–Trinajstić information content (AvgIpc) is 3.52. The van der Waals surface area contributed by atoms with Gasteiger partial charge in [-0.1, -0.05) is 23.5 Å². The van der Waals surface area contributed by atoms with Gasteiger partial charge in [0.1, 0.15) is 12.4 Å². The number of sulfonamides is 1. The summed E-state index contributed by atoms with van der Waals surface area (Å²) in [5.74, 6) is 0.441. The van der Waals surface area contributed by atoms with Crippen LogP contribution in [0.2, 0.25) is 0 Å². The standard InChI is InChI=1S/C21H19N3O4S2/c1-24(14-8-9-14)30(26,27)15-10-6-13(7-11-15)20(25)23-21-22-19-16-4-2-3-5-17(16)28-12-18(19)29-21/h2-7,10-11,14H,8-9,12H2,1H3,(H,22,23,25). The van der Waals surface area contributed by atoms with Gasteiger partial charge >= 0.3 is 0 Å². The van der Waals surface area contributed by atoms with Crippen molar-refractivity contribution in [2.24, 2.45) is 0 Å². The van der Waals surface area contributed by atoms with Crippen molar-refractivity contribution in [3.8, 4) is 17.0 Å². The van der Waals surface area contributed by atoms with E-state index in [0.717, 1.165) is 34.7 Å². The Hall–Kier alpha value is -2.75. The largest absolute Gasteiger partial charge is 0.487 e. The number of ether oxygens (including phenoxy) is 1. The molecule has 7 nitrogen and oxygen atoms in total. The predicted octanol–water partition coefficient (Wildman–Crippen LogP) is 3.74. The van der Waals surface area contributed by atoms with E-state index >= 15 is 0 Å². The average molecular weight is 442 g/mol. The molecule has 1 fully saturated rings. The number of thiazole rings is 1. The number of benzene rings is 2. The van der Waals surface area contributed by atoms with E-state index in [2.05, 4.69) is 10.3 Å². The van der Waals surface area contributed by atoms with Crippen molar-refractivity contribution in [3.05, 3.63) is 59.0 Å². The van der Waals surface area contributed by atoms with Crippen LogP contribution in [0.15, 0.2) is 53.4 Å². The molecule has 0 atom stereocenters. The monoisotopic (exact) mass is 441 g/mol. The van der Waals surface area contributed by atoms with Crippen molar-refractivity contribution in [3.63, 3.8) is 0 Å². The maximum absolute atomic E-state index is 12.7. The SMILES string of the molecule is CN(C1CC1)S(=O)(=O)c1ccc(C(=O)Nc2nc3c(s2)COc2ccccc2-3)cc1. The van der Waals surface area contributed by atoms with E-state index in [9.17, 15) is 13.2 Å². The van der Waals surface area contributed by atoms with Crippen molar-refractivity contribution in [1.82, 2.24) is 9.29 Å². The maximum Gasteiger partial charge on any atom is 0.257 e. The topological polar surface area (TPSA) is 88.6 Å². The number of nitrogens with one attached hydrogen (secondary N) is 1. The van der Waals surface area contributed by atoms with E-state index in [4.69, 9.17) is 4.74 Å². The molecule has 0 bridgehead atoms. The quantitative estimate of drug-likeness (QED) is 0.652. The molecule has 1 amide bonds. The molecule has 2 heterocycles. The number of rotatable bonds is 5. The summed E-state index contributed by atoms with van der Waals surface area (Å²) in [7, 11) is -1.93. The molecule has 0 unspecified atom stereocenters. The fourth-order valence-electron chi connectivity index (χ4n) is 3.39. The highest BCUT2D eigenvalue weighted by molar-refractivity contribution is 7.89. The van der Waals surface area contributed by atoms with E-state index < -0.39 is 10.0 Å². The molecular weight excluding hydrogens is 422 g/mol. The van der Waals surface area contributed by atoms with Gasteiger partial charge in [0.05, 0.1) is 15.5 Å². The third-order valence-electron chi connectivity index (χ3n) is 5.27. The molecule has 1 aliphatic heterocycles. The third-order valence-corrected chi connectivity index (χ3v) is 8.14. The van der Waals surface area contributed by atoms with E-state index in [0.29, 0.717) is 17.3 Å². The zero-order chi connectivity index (χ0) is 20.9. The van der Waals surface area contributed by atoms with Gasteiger partial charge in [-0.15, -0.1) is 0 Å². The Bertz CT molecular complexity index is 1230. The van der Waals surface area contributed by atoms with E-state index in [1.165, 1.54) is 39.9 Å². The first kappa shape index (κ1) is 19.2. The van der Waals surface area contributed by atoms with Gasteiger partial charge in [-0.3, -0.25) is 10.1 Å². The van der Waals surface area contributed by atoms with Gasteiger partial charge in [-0.05, 0) is 49.2 Å². The Balaban J connectivity index is 1.34. The summed E-state index contributed by atoms with van der Waals surface area (Å²) in [5, 5.41) is 3.29. The van der Waals surface area contributed by atoms with Crippen molar-refractivity contribution in [2.45, 2.75) is 30.4 Å². The van der Waals surface area contributed by atoms with Crippen LogP contribution in [-0.4, -0.2) is 36.7 Å². The Morgan fingerprint density at radius 1 is 1.17 bits per heavy atom. The maximum atomic E-state index is 12.7. The van der Waals surface area contributed by atoms with Gasteiger partial charge < -0.3 is 4.74 Å². The lowest BCUT2D eigenvalue weighted by molar-refractivity contribution is 0.102. The first-order chi connectivity index (χ1) is 14.4. The number of carbonyl (C=O) groups excluding carboxylic acids is 1. The fourth-order valence-corrected chi connectivity index (χ4v) is 5.69. The number of hydrogen-bond donors (Lipinski definition) is 1. The summed E-state index contributed by atoms with van der Waals surface area (Å²) in [4.78, 5) is 18.4. The summed E-state index contributed by atoms with van der Waals surface area (Å²) in [5.41, 5.74) is 2.10. The van der Waals surface area contributed by atoms with Gasteiger partial charge in [-0.25, -0.2) is 13.4 Å². The number of fused-ring (bicyclic) bond motifs is 3. The van der Waals surface area contributed by atoms with Gasteiger partial charge in [0, 0.05) is 24.2 Å². The minimum absolute atomic E-state index is 0.0861. The molecule has 3 aromatic rings. The zero-order valence-corrected chi connectivity index (χ0v) is 17.8. The van der Waals surface area contributed by atoms with Crippen molar-refractivity contribution in [2.75, 3.05) is 12.4 Å². The molecule has 0 radical (unpaired) electrons. The van der Waals surface area contributed by atoms with Crippen LogP contribution in [-0.2, 0) is 16.6 Å². The number of anilines is 1. The van der Waals surface area contributed by atoms with Crippen molar-refractivity contribution in [1.29, 1.82) is 0 Å². The Labute approximate surface area is 178 Å². The minimum atomic E-state index is -3.53. The summed E-state index contributed by atoms with van der Waals surface area (Å²) >= 11 is 1.37. The molecule has 0 spiro atoms. The van der Waals surface area contributed by atoms with Crippen LogP contribution in [0, 0.1) is 0 Å². The molecule has 1 aromatic heterocycles. The second-order valence-corrected chi connectivity index (χ2v) is 10.4. The molecule has 154 valence electrons. The number of nitrogens with zero attached hydrogens (tertiary/aromatic N) is 2. The Morgan fingerprint density at radius 3 is 2.63 bits per heavy atom. The van der Waals surface area contributed by atoms with Crippen LogP contribution in [0.5, 0.6) is 5.75 Å². The summed E-state index contributed by atoms with van der Waals surface area (Å²) in [6.45, 7) is 0.418. The van der Waals surface area contributed by atoms with Gasteiger partial charge in [0.25, 0.3) is 5.91 Å². The molecule has 30 heavy (non-hydrogen) atoms. The normalized spacial score (nSPS) is 15.3. The highest BCUT2D eigenvalue weighted by atomic mass is 32.2. The highest BCUT2D eigenvalue weighted by Gasteiger charge is 2.35. The van der Waals surface area contributed by atoms with Crippen LogP contribution >= 0.6 is 11.3 Å². The van der Waals surface area contributed by atoms with Crippen molar-refractivity contribution >= 4 is 32.4 Å². The van der Waals surface area contributed by atoms with Crippen LogP contribution in [0.4, 0.5) is 5.13 Å². The second kappa shape index (κ2) is 7.19. The molecule has 1 saturated carbocycles. The molecule has 1 aliphatic carbocycles. The van der Waals surface area contributed by atoms with Gasteiger partial charge in [0.2, 0.25) is 10.0 Å². The molecule has 9 heteroatoms. The van der Waals surface area contributed by atoms with Crippen LogP contribution in [0.3, 0.4) is 0 Å². The lowest BCUT2D eigenvalue weighted by Crippen LogP contribution is -2.29. The number of hydrogen-bond acceptors (Lipinski definition) is 6. The summed E-state index contributed by atoms with van der Waals surface area (Å²) in [6, 6.07) is 13.7. The van der Waals surface area contributed by atoms with Gasteiger partial charge in [-0.2, -0.15) is 4.31 Å². The number of aromatic nitrogens is 1. The third kappa shape index (κ3) is 3.38. The Morgan fingerprint density at radius 2 is 1.90 bits per heavy atom. The second-order valence-electron chi connectivity index (χ2n) is 7.31. The lowest BCUT2D eigenvalue weighted by Gasteiger charge is -2.16. The predicted molar refractivity (Wildman–Crippen MR) is 114 cm³/mol. The Kier molecular flexibility index (Phi) is 4.61. The first-order valence-corrected chi connectivity index (χ1v) is 11.8. The summed E-state index contributed by atoms with van der Waals surface area (Å²) in [6.07, 6.45) is 1.78. The number of para-hydroxylation sites is 1. The fraction of sp³-hybridized carbons (Fsp3) is 0.238. The molecular formula is C21H19N3O4S2. The number of amides is 1. The molecule has 2 aliphatic rings. The van der Waals surface area contributed by atoms with Crippen LogP contribution in [0.25, 0.3) is 11.3 Å². The molecule has 0 saturated heterocycles. The molecule has 5 rings (SSSR count). The molecule has 2 aromatic carbocycles. The van der Waals surface area contributed by atoms with Crippen LogP contribution < -0.4 is 10.1 Å². The van der Waals surface area contributed by atoms with E-state index in [-0.39, 0.29) is 16.8 Å². The van der Waals surface area contributed by atoms with E-state index in [1.54, 1.807) is 7.05 Å². The lowest BCUT2D eigenvalue weighted by atomic mass is 10.1. The highest BCUT2D eigenvalue weighted by Crippen LogP contribution is 2.40. The summed E-state index contributed by atoms with van der Waals surface area (Å²) < 4.78 is 32.3. The van der Waals surface area contributed by atoms with Crippen LogP contribution in [0.1, 0.15) is 28.1 Å². The first-order valence-electron chi connectivity index (χ1n) is 9.55. The van der Waals surface area contributed by atoms with Gasteiger partial charge in [0.15, 0.2) is 5.13 Å². The zero-order valence-electron chi connectivity index (χ0n) is 16.2. The van der Waals surface area contributed by atoms with Crippen molar-refractivity contribution < 1.29 is 17.9 Å². The molecule has 1 N–H and O–H groups in total. The minimum Gasteiger partial charge on any atom is -0.487 e.